The van der Waals surface area contributed by atoms with Gasteiger partial charge in [-0.3, -0.25) is 0 Å². The van der Waals surface area contributed by atoms with Crippen molar-refractivity contribution in [3.05, 3.63) is 28.4 Å². The number of nitrogens with two attached hydrogens (primary N) is 1. The zero-order valence-corrected chi connectivity index (χ0v) is 10.7. The van der Waals surface area contributed by atoms with Crippen molar-refractivity contribution in [1.82, 2.24) is 15.2 Å². The van der Waals surface area contributed by atoms with E-state index in [1.807, 2.05) is 26.0 Å². The molecule has 0 fully saturated rings. The molecule has 0 saturated heterocycles. The predicted molar refractivity (Wildman–Crippen MR) is 65.6 cm³/mol. The highest BCUT2D eigenvalue weighted by molar-refractivity contribution is 8.01. The molecule has 2 aromatic heterocycles. The van der Waals surface area contributed by atoms with Gasteiger partial charge in [0.25, 0.3) is 0 Å². The van der Waals surface area contributed by atoms with Crippen LogP contribution in [0.15, 0.2) is 21.5 Å². The predicted octanol–water partition coefficient (Wildman–Crippen LogP) is 2.16. The Morgan fingerprint density at radius 2 is 2.12 bits per heavy atom. The van der Waals surface area contributed by atoms with Crippen LogP contribution in [-0.4, -0.2) is 15.2 Å². The summed E-state index contributed by atoms with van der Waals surface area (Å²) >= 11 is 3.10. The van der Waals surface area contributed by atoms with Crippen LogP contribution in [0, 0.1) is 13.8 Å². The molecule has 0 radical (unpaired) electrons. The zero-order valence-electron chi connectivity index (χ0n) is 9.10. The second-order valence-corrected chi connectivity index (χ2v) is 5.73. The third-order valence-electron chi connectivity index (χ3n) is 1.99. The first-order valence-corrected chi connectivity index (χ1v) is 6.47. The monoisotopic (exact) mass is 252 g/mol. The highest BCUT2D eigenvalue weighted by Crippen LogP contribution is 2.30. The molecule has 0 bridgehead atoms. The molecule has 4 nitrogen and oxygen atoms in total. The van der Waals surface area contributed by atoms with Crippen molar-refractivity contribution in [2.75, 3.05) is 0 Å². The third-order valence-corrected chi connectivity index (χ3v) is 3.93. The van der Waals surface area contributed by atoms with Crippen LogP contribution in [0.2, 0.25) is 0 Å². The molecule has 0 aliphatic carbocycles. The maximum absolute atomic E-state index is 5.67. The fourth-order valence-electron chi connectivity index (χ4n) is 1.21. The van der Waals surface area contributed by atoms with E-state index in [9.17, 15) is 0 Å². The summed E-state index contributed by atoms with van der Waals surface area (Å²) in [5.41, 5.74) is 7.71. The molecule has 2 rings (SSSR count). The normalized spacial score (nSPS) is 10.7. The summed E-state index contributed by atoms with van der Waals surface area (Å²) in [5, 5.41) is 9.94. The van der Waals surface area contributed by atoms with Gasteiger partial charge in [-0.2, -0.15) is 0 Å². The molecule has 0 aliphatic heterocycles. The van der Waals surface area contributed by atoms with E-state index in [2.05, 4.69) is 15.2 Å². The van der Waals surface area contributed by atoms with Crippen molar-refractivity contribution >= 4 is 23.1 Å². The van der Waals surface area contributed by atoms with E-state index < -0.39 is 0 Å². The van der Waals surface area contributed by atoms with Crippen molar-refractivity contribution in [3.63, 3.8) is 0 Å². The smallest absolute Gasteiger partial charge is 0.180 e. The topological polar surface area (TPSA) is 64.7 Å². The standard InChI is InChI=1S/C10H12N4S2/c1-6-3-4-8(5-11)9(12-6)16-10-14-13-7(2)15-10/h3-4H,5,11H2,1-2H3. The zero-order chi connectivity index (χ0) is 11.5. The van der Waals surface area contributed by atoms with E-state index in [-0.39, 0.29) is 0 Å². The molecule has 0 spiro atoms. The van der Waals surface area contributed by atoms with E-state index in [4.69, 9.17) is 5.73 Å². The van der Waals surface area contributed by atoms with E-state index in [1.165, 1.54) is 11.8 Å². The maximum Gasteiger partial charge on any atom is 0.180 e. The number of nitrogens with zero attached hydrogens (tertiary/aromatic N) is 3. The van der Waals surface area contributed by atoms with E-state index in [1.54, 1.807) is 11.3 Å². The van der Waals surface area contributed by atoms with Gasteiger partial charge in [-0.1, -0.05) is 17.4 Å². The molecule has 84 valence electrons. The van der Waals surface area contributed by atoms with Crippen molar-refractivity contribution in [1.29, 1.82) is 0 Å². The average molecular weight is 252 g/mol. The molecule has 0 aromatic carbocycles. The first kappa shape index (κ1) is 11.5. The molecular formula is C10H12N4S2. The number of pyridine rings is 1. The van der Waals surface area contributed by atoms with Crippen LogP contribution in [0.4, 0.5) is 0 Å². The Balaban J connectivity index is 2.29. The van der Waals surface area contributed by atoms with Gasteiger partial charge in [0.2, 0.25) is 0 Å². The molecule has 0 unspecified atom stereocenters. The Labute approximate surface area is 102 Å². The van der Waals surface area contributed by atoms with Crippen LogP contribution in [0.5, 0.6) is 0 Å². The molecule has 0 aliphatic rings. The maximum atomic E-state index is 5.67. The number of aromatic nitrogens is 3. The van der Waals surface area contributed by atoms with Crippen LogP contribution in [0.3, 0.4) is 0 Å². The lowest BCUT2D eigenvalue weighted by Crippen LogP contribution is -2.00. The first-order valence-electron chi connectivity index (χ1n) is 4.83. The van der Waals surface area contributed by atoms with Crippen LogP contribution in [-0.2, 0) is 6.54 Å². The van der Waals surface area contributed by atoms with Crippen molar-refractivity contribution < 1.29 is 0 Å². The lowest BCUT2D eigenvalue weighted by atomic mass is 10.2. The minimum absolute atomic E-state index is 0.493. The van der Waals surface area contributed by atoms with Gasteiger partial charge in [-0.15, -0.1) is 10.2 Å². The fraction of sp³-hybridized carbons (Fsp3) is 0.300. The molecular weight excluding hydrogens is 240 g/mol. The summed E-state index contributed by atoms with van der Waals surface area (Å²) in [5.74, 6) is 0. The number of rotatable bonds is 3. The average Bonchev–Trinajstić information content (AvgIpc) is 2.64. The van der Waals surface area contributed by atoms with Crippen LogP contribution < -0.4 is 5.73 Å². The lowest BCUT2D eigenvalue weighted by molar-refractivity contribution is 0.934. The Hall–Kier alpha value is -0.980. The number of hydrogen-bond donors (Lipinski definition) is 1. The summed E-state index contributed by atoms with van der Waals surface area (Å²) < 4.78 is 0.908. The minimum Gasteiger partial charge on any atom is -0.326 e. The molecule has 16 heavy (non-hydrogen) atoms. The molecule has 2 aromatic rings. The molecule has 0 amide bonds. The minimum atomic E-state index is 0.493. The third kappa shape index (κ3) is 2.58. The van der Waals surface area contributed by atoms with Gasteiger partial charge >= 0.3 is 0 Å². The van der Waals surface area contributed by atoms with Crippen molar-refractivity contribution in [3.8, 4) is 0 Å². The molecule has 2 heterocycles. The molecule has 0 saturated carbocycles. The van der Waals surface area contributed by atoms with E-state index >= 15 is 0 Å². The Morgan fingerprint density at radius 3 is 2.75 bits per heavy atom. The lowest BCUT2D eigenvalue weighted by Gasteiger charge is -2.04. The molecule has 0 atom stereocenters. The summed E-state index contributed by atoms with van der Waals surface area (Å²) in [6, 6.07) is 3.98. The van der Waals surface area contributed by atoms with Gasteiger partial charge in [0.1, 0.15) is 10.0 Å². The van der Waals surface area contributed by atoms with Crippen LogP contribution in [0.1, 0.15) is 16.3 Å². The quantitative estimate of drug-likeness (QED) is 0.907. The van der Waals surface area contributed by atoms with E-state index in [0.29, 0.717) is 6.54 Å². The second-order valence-electron chi connectivity index (χ2n) is 3.31. The van der Waals surface area contributed by atoms with Gasteiger partial charge in [0.05, 0.1) is 0 Å². The van der Waals surface area contributed by atoms with Crippen LogP contribution in [0.25, 0.3) is 0 Å². The SMILES string of the molecule is Cc1ccc(CN)c(Sc2nnc(C)s2)n1. The van der Waals surface area contributed by atoms with Crippen molar-refractivity contribution in [2.45, 2.75) is 29.8 Å². The summed E-state index contributed by atoms with van der Waals surface area (Å²) in [6.07, 6.45) is 0. The van der Waals surface area contributed by atoms with Crippen molar-refractivity contribution in [2.24, 2.45) is 5.73 Å². The highest BCUT2D eigenvalue weighted by atomic mass is 32.2. The Bertz CT molecular complexity index is 495. The Morgan fingerprint density at radius 1 is 1.31 bits per heavy atom. The molecule has 6 heteroatoms. The number of aryl methyl sites for hydroxylation is 2. The molecule has 2 N–H and O–H groups in total. The van der Waals surface area contributed by atoms with Gasteiger partial charge in [0.15, 0.2) is 4.34 Å². The van der Waals surface area contributed by atoms with E-state index in [0.717, 1.165) is 25.6 Å². The number of hydrogen-bond acceptors (Lipinski definition) is 6. The largest absolute Gasteiger partial charge is 0.326 e. The van der Waals surface area contributed by atoms with Crippen LogP contribution >= 0.6 is 23.1 Å². The summed E-state index contributed by atoms with van der Waals surface area (Å²) in [6.45, 7) is 4.40. The van der Waals surface area contributed by atoms with Gasteiger partial charge < -0.3 is 5.73 Å². The second kappa shape index (κ2) is 4.90. The first-order chi connectivity index (χ1) is 7.69. The van der Waals surface area contributed by atoms with Gasteiger partial charge in [-0.05, 0) is 37.2 Å². The van der Waals surface area contributed by atoms with Gasteiger partial charge in [-0.25, -0.2) is 4.98 Å². The summed E-state index contributed by atoms with van der Waals surface area (Å²) in [7, 11) is 0. The summed E-state index contributed by atoms with van der Waals surface area (Å²) in [4.78, 5) is 4.47. The van der Waals surface area contributed by atoms with Gasteiger partial charge in [0, 0.05) is 12.2 Å². The Kier molecular flexibility index (Phi) is 3.52. The fourth-order valence-corrected chi connectivity index (χ4v) is 3.11. The highest BCUT2D eigenvalue weighted by Gasteiger charge is 2.08.